The number of rotatable bonds is 5. The molecule has 36 heavy (non-hydrogen) atoms. The summed E-state index contributed by atoms with van der Waals surface area (Å²) in [7, 11) is 1.62. The van der Waals surface area contributed by atoms with Crippen LogP contribution in [0.2, 0.25) is 0 Å². The topological polar surface area (TPSA) is 129 Å². The van der Waals surface area contributed by atoms with E-state index in [0.29, 0.717) is 34.1 Å². The molecule has 3 aromatic heterocycles. The van der Waals surface area contributed by atoms with Crippen molar-refractivity contribution in [2.45, 2.75) is 13.8 Å². The number of anilines is 1. The zero-order valence-corrected chi connectivity index (χ0v) is 19.9. The molecular formula is C26H23N7O3. The maximum absolute atomic E-state index is 13.1. The van der Waals surface area contributed by atoms with Gasteiger partial charge in [0.15, 0.2) is 5.69 Å². The first kappa shape index (κ1) is 22.8. The Morgan fingerprint density at radius 2 is 1.69 bits per heavy atom. The molecule has 0 unspecified atom stereocenters. The van der Waals surface area contributed by atoms with Gasteiger partial charge >= 0.3 is 5.69 Å². The third kappa shape index (κ3) is 3.94. The van der Waals surface area contributed by atoms with Crippen molar-refractivity contribution in [2.24, 2.45) is 12.8 Å². The molecule has 5 rings (SSSR count). The molecule has 3 N–H and O–H groups in total. The second-order valence-corrected chi connectivity index (χ2v) is 8.41. The Morgan fingerprint density at radius 3 is 2.36 bits per heavy atom. The monoisotopic (exact) mass is 481 g/mol. The molecule has 5 aromatic rings. The van der Waals surface area contributed by atoms with Crippen molar-refractivity contribution in [2.75, 3.05) is 5.32 Å². The van der Waals surface area contributed by atoms with Crippen LogP contribution in [0.15, 0.2) is 71.7 Å². The van der Waals surface area contributed by atoms with Gasteiger partial charge in [0.1, 0.15) is 11.6 Å². The summed E-state index contributed by atoms with van der Waals surface area (Å²) in [5.41, 5.74) is 9.28. The number of carbonyl (C=O) groups is 2. The highest BCUT2D eigenvalue weighted by Crippen LogP contribution is 2.25. The minimum atomic E-state index is -0.575. The summed E-state index contributed by atoms with van der Waals surface area (Å²) in [5.74, 6) is 0.285. The molecule has 2 aromatic carbocycles. The normalized spacial score (nSPS) is 11.1. The fourth-order valence-electron chi connectivity index (χ4n) is 4.21. The van der Waals surface area contributed by atoms with Crippen molar-refractivity contribution in [3.05, 3.63) is 100 Å². The molecule has 0 fully saturated rings. The van der Waals surface area contributed by atoms with E-state index in [1.54, 1.807) is 36.7 Å². The Kier molecular flexibility index (Phi) is 5.48. The minimum Gasteiger partial charge on any atom is -0.366 e. The van der Waals surface area contributed by atoms with Crippen LogP contribution >= 0.6 is 0 Å². The highest BCUT2D eigenvalue weighted by atomic mass is 16.2. The molecule has 0 bridgehead atoms. The second-order valence-electron chi connectivity index (χ2n) is 8.41. The van der Waals surface area contributed by atoms with Gasteiger partial charge < -0.3 is 15.5 Å². The number of nitrogens with two attached hydrogens (primary N) is 1. The Labute approximate surface area is 205 Å². The van der Waals surface area contributed by atoms with E-state index >= 15 is 0 Å². The standard InChI is InChI=1S/C26H23N7O3/c1-15-28-23(25(35)29-20-6-4-5-19(13-20)24(27)34)22-14-18(11-12-32(15)22)17-7-9-21(10-8-17)33-16(2)30-31(3)26(33)36/h4-14H,1-3H3,(H2,27,34)(H,29,35). The van der Waals surface area contributed by atoms with Crippen molar-refractivity contribution in [1.82, 2.24) is 23.7 Å². The number of aryl methyl sites for hydroxylation is 3. The van der Waals surface area contributed by atoms with Crippen LogP contribution in [-0.4, -0.2) is 35.5 Å². The fourth-order valence-corrected chi connectivity index (χ4v) is 4.21. The third-order valence-electron chi connectivity index (χ3n) is 5.99. The van der Waals surface area contributed by atoms with Crippen molar-refractivity contribution in [1.29, 1.82) is 0 Å². The third-order valence-corrected chi connectivity index (χ3v) is 5.99. The van der Waals surface area contributed by atoms with Crippen LogP contribution < -0.4 is 16.7 Å². The van der Waals surface area contributed by atoms with E-state index in [4.69, 9.17) is 5.73 Å². The van der Waals surface area contributed by atoms with Crippen LogP contribution in [-0.2, 0) is 7.05 Å². The van der Waals surface area contributed by atoms with Gasteiger partial charge in [0.2, 0.25) is 5.91 Å². The van der Waals surface area contributed by atoms with Crippen molar-refractivity contribution >= 4 is 23.0 Å². The number of imidazole rings is 1. The molecule has 0 aliphatic heterocycles. The van der Waals surface area contributed by atoms with E-state index in [0.717, 1.165) is 11.1 Å². The summed E-state index contributed by atoms with van der Waals surface area (Å²) in [6.45, 7) is 3.60. The van der Waals surface area contributed by atoms with Crippen molar-refractivity contribution in [3.63, 3.8) is 0 Å². The van der Waals surface area contributed by atoms with Crippen molar-refractivity contribution < 1.29 is 9.59 Å². The lowest BCUT2D eigenvalue weighted by Gasteiger charge is -2.08. The SMILES string of the molecule is Cc1nn(C)c(=O)n1-c1ccc(-c2ccn3c(C)nc(C(=O)Nc4cccc(C(N)=O)c4)c3c2)cc1. The Morgan fingerprint density at radius 1 is 0.944 bits per heavy atom. The number of primary amides is 1. The number of aromatic nitrogens is 5. The molecule has 180 valence electrons. The molecule has 0 spiro atoms. The van der Waals surface area contributed by atoms with Gasteiger partial charge in [-0.1, -0.05) is 18.2 Å². The van der Waals surface area contributed by atoms with Crippen LogP contribution in [0.1, 0.15) is 32.5 Å². The summed E-state index contributed by atoms with van der Waals surface area (Å²) in [6, 6.07) is 17.8. The van der Waals surface area contributed by atoms with Crippen LogP contribution in [0, 0.1) is 13.8 Å². The number of amides is 2. The summed E-state index contributed by atoms with van der Waals surface area (Å²) in [6.07, 6.45) is 1.86. The molecule has 0 saturated heterocycles. The molecular weight excluding hydrogens is 458 g/mol. The summed E-state index contributed by atoms with van der Waals surface area (Å²) >= 11 is 0. The first-order valence-corrected chi connectivity index (χ1v) is 11.2. The largest absolute Gasteiger partial charge is 0.366 e. The number of benzene rings is 2. The molecule has 2 amide bonds. The van der Waals surface area contributed by atoms with E-state index in [1.807, 2.05) is 53.9 Å². The molecule has 0 saturated carbocycles. The molecule has 0 aliphatic carbocycles. The molecule has 0 radical (unpaired) electrons. The number of nitrogens with one attached hydrogen (secondary N) is 1. The van der Waals surface area contributed by atoms with Gasteiger partial charge in [-0.2, -0.15) is 5.10 Å². The average molecular weight is 482 g/mol. The minimum absolute atomic E-state index is 0.214. The Hall–Kier alpha value is -4.99. The quantitative estimate of drug-likeness (QED) is 0.399. The number of fused-ring (bicyclic) bond motifs is 1. The first-order chi connectivity index (χ1) is 17.2. The van der Waals surface area contributed by atoms with Crippen LogP contribution in [0.5, 0.6) is 0 Å². The Bertz CT molecular complexity index is 1710. The lowest BCUT2D eigenvalue weighted by atomic mass is 10.1. The predicted molar refractivity (Wildman–Crippen MR) is 135 cm³/mol. The van der Waals surface area contributed by atoms with Gasteiger partial charge in [-0.05, 0) is 67.4 Å². The molecule has 10 heteroatoms. The van der Waals surface area contributed by atoms with E-state index in [2.05, 4.69) is 15.4 Å². The zero-order valence-electron chi connectivity index (χ0n) is 19.9. The molecule has 0 aliphatic rings. The fraction of sp³-hybridized carbons (Fsp3) is 0.115. The highest BCUT2D eigenvalue weighted by Gasteiger charge is 2.18. The number of hydrogen-bond donors (Lipinski definition) is 2. The Balaban J connectivity index is 1.49. The number of carbonyl (C=O) groups excluding carboxylic acids is 2. The second kappa shape index (κ2) is 8.66. The molecule has 0 atom stereocenters. The van der Waals surface area contributed by atoms with E-state index in [9.17, 15) is 14.4 Å². The van der Waals surface area contributed by atoms with Crippen LogP contribution in [0.3, 0.4) is 0 Å². The smallest absolute Gasteiger partial charge is 0.350 e. The maximum Gasteiger partial charge on any atom is 0.350 e. The number of nitrogens with zero attached hydrogens (tertiary/aromatic N) is 5. The van der Waals surface area contributed by atoms with Gasteiger partial charge in [-0.25, -0.2) is 19.0 Å². The van der Waals surface area contributed by atoms with Gasteiger partial charge in [-0.15, -0.1) is 0 Å². The summed E-state index contributed by atoms with van der Waals surface area (Å²) < 4.78 is 4.68. The summed E-state index contributed by atoms with van der Waals surface area (Å²) in [4.78, 5) is 41.4. The van der Waals surface area contributed by atoms with Crippen LogP contribution in [0.25, 0.3) is 22.3 Å². The van der Waals surface area contributed by atoms with Crippen molar-refractivity contribution in [3.8, 4) is 16.8 Å². The predicted octanol–water partition coefficient (Wildman–Crippen LogP) is 2.85. The zero-order chi connectivity index (χ0) is 25.6. The van der Waals surface area contributed by atoms with Gasteiger partial charge in [-0.3, -0.25) is 9.59 Å². The highest BCUT2D eigenvalue weighted by molar-refractivity contribution is 6.08. The lowest BCUT2D eigenvalue weighted by Crippen LogP contribution is -2.21. The molecule has 3 heterocycles. The van der Waals surface area contributed by atoms with Gasteiger partial charge in [0, 0.05) is 24.5 Å². The maximum atomic E-state index is 13.1. The van der Waals surface area contributed by atoms with E-state index in [1.165, 1.54) is 10.7 Å². The lowest BCUT2D eigenvalue weighted by molar-refractivity contribution is 0.0996. The average Bonchev–Trinajstić information content (AvgIpc) is 3.33. The van der Waals surface area contributed by atoms with E-state index in [-0.39, 0.29) is 11.4 Å². The number of hydrogen-bond acceptors (Lipinski definition) is 5. The van der Waals surface area contributed by atoms with E-state index < -0.39 is 11.8 Å². The van der Waals surface area contributed by atoms with Gasteiger partial charge in [0.05, 0.1) is 11.2 Å². The summed E-state index contributed by atoms with van der Waals surface area (Å²) in [5, 5.41) is 6.96. The van der Waals surface area contributed by atoms with Gasteiger partial charge in [0.25, 0.3) is 5.91 Å². The van der Waals surface area contributed by atoms with Crippen LogP contribution in [0.4, 0.5) is 5.69 Å². The first-order valence-electron chi connectivity index (χ1n) is 11.2. The molecule has 10 nitrogen and oxygen atoms in total. The number of pyridine rings is 1.